The third kappa shape index (κ3) is 3.60. The van der Waals surface area contributed by atoms with Gasteiger partial charge < -0.3 is 9.64 Å². The van der Waals surface area contributed by atoms with Crippen molar-refractivity contribution in [1.29, 1.82) is 0 Å². The number of hydrogen-bond acceptors (Lipinski definition) is 4. The van der Waals surface area contributed by atoms with Crippen LogP contribution in [0.3, 0.4) is 0 Å². The zero-order valence-electron chi connectivity index (χ0n) is 16.1. The fourth-order valence-corrected chi connectivity index (χ4v) is 3.44. The summed E-state index contributed by atoms with van der Waals surface area (Å²) in [6.45, 7) is 1.95. The molecular weight excluding hydrogens is 378 g/mol. The highest BCUT2D eigenvalue weighted by Gasteiger charge is 2.26. The van der Waals surface area contributed by atoms with Crippen molar-refractivity contribution < 1.29 is 9.53 Å². The van der Waals surface area contributed by atoms with Crippen molar-refractivity contribution in [1.82, 2.24) is 14.5 Å². The fraction of sp³-hybridized carbons (Fsp3) is 0.286. The molecule has 0 saturated heterocycles. The van der Waals surface area contributed by atoms with Crippen LogP contribution in [0.4, 0.5) is 0 Å². The molecule has 0 fully saturated rings. The van der Waals surface area contributed by atoms with E-state index in [0.29, 0.717) is 34.6 Å². The van der Waals surface area contributed by atoms with Crippen molar-refractivity contribution in [2.45, 2.75) is 19.4 Å². The number of rotatable bonds is 6. The minimum absolute atomic E-state index is 0.132. The van der Waals surface area contributed by atoms with Crippen LogP contribution in [0.2, 0.25) is 0 Å². The number of ether oxygens (including phenoxy) is 1. The Labute approximate surface area is 168 Å². The molecule has 1 atom stereocenters. The quantitative estimate of drug-likeness (QED) is 0.595. The zero-order chi connectivity index (χ0) is 20.3. The van der Waals surface area contributed by atoms with Crippen LogP contribution >= 0.6 is 11.6 Å². The second kappa shape index (κ2) is 8.44. The van der Waals surface area contributed by atoms with Gasteiger partial charge in [0.25, 0.3) is 5.56 Å². The topological polar surface area (TPSA) is 64.4 Å². The summed E-state index contributed by atoms with van der Waals surface area (Å²) in [6, 6.07) is 14.0. The molecular formula is C21H22ClN3O3. The van der Waals surface area contributed by atoms with Crippen molar-refractivity contribution in [2.75, 3.05) is 20.0 Å². The molecule has 28 heavy (non-hydrogen) atoms. The summed E-state index contributed by atoms with van der Waals surface area (Å²) in [5, 5.41) is 0.517. The average molecular weight is 400 g/mol. The molecule has 0 saturated carbocycles. The van der Waals surface area contributed by atoms with Gasteiger partial charge in [0.2, 0.25) is 5.91 Å². The van der Waals surface area contributed by atoms with Gasteiger partial charge in [-0.05, 0) is 42.8 Å². The van der Waals surface area contributed by atoms with Crippen LogP contribution in [0.25, 0.3) is 16.6 Å². The Bertz CT molecular complexity index is 1050. The summed E-state index contributed by atoms with van der Waals surface area (Å²) in [6.07, 6.45) is 0.583. The Balaban J connectivity index is 2.30. The second-order valence-electron chi connectivity index (χ2n) is 6.39. The molecule has 0 bridgehead atoms. The normalized spacial score (nSPS) is 12.0. The Morgan fingerprint density at radius 1 is 1.21 bits per heavy atom. The van der Waals surface area contributed by atoms with Crippen LogP contribution in [-0.2, 0) is 4.79 Å². The van der Waals surface area contributed by atoms with Gasteiger partial charge in [-0.2, -0.15) is 0 Å². The van der Waals surface area contributed by atoms with Crippen LogP contribution in [0.15, 0.2) is 53.3 Å². The maximum absolute atomic E-state index is 13.3. The van der Waals surface area contributed by atoms with Gasteiger partial charge in [0.15, 0.2) is 0 Å². The molecule has 1 amide bonds. The average Bonchev–Trinajstić information content (AvgIpc) is 2.74. The summed E-state index contributed by atoms with van der Waals surface area (Å²) in [4.78, 5) is 31.9. The zero-order valence-corrected chi connectivity index (χ0v) is 16.8. The summed E-state index contributed by atoms with van der Waals surface area (Å²) in [7, 11) is 3.27. The molecule has 1 heterocycles. The first-order chi connectivity index (χ1) is 13.5. The molecule has 1 aromatic heterocycles. The third-order valence-electron chi connectivity index (χ3n) is 4.79. The molecule has 2 aromatic carbocycles. The molecule has 0 spiro atoms. The van der Waals surface area contributed by atoms with Crippen molar-refractivity contribution >= 4 is 28.4 Å². The van der Waals surface area contributed by atoms with E-state index in [-0.39, 0.29) is 17.3 Å². The van der Waals surface area contributed by atoms with Gasteiger partial charge in [0, 0.05) is 7.05 Å². The van der Waals surface area contributed by atoms with E-state index in [4.69, 9.17) is 21.3 Å². The van der Waals surface area contributed by atoms with Crippen LogP contribution in [0.5, 0.6) is 5.75 Å². The number of fused-ring (bicyclic) bond motifs is 1. The maximum atomic E-state index is 13.3. The molecule has 0 aliphatic heterocycles. The van der Waals surface area contributed by atoms with Crippen LogP contribution < -0.4 is 10.3 Å². The molecule has 0 aliphatic rings. The molecule has 7 heteroatoms. The first-order valence-electron chi connectivity index (χ1n) is 8.99. The number of nitrogens with zero attached hydrogens (tertiary/aromatic N) is 3. The number of alkyl halides is 1. The number of para-hydroxylation sites is 1. The third-order valence-corrected chi connectivity index (χ3v) is 5.02. The largest absolute Gasteiger partial charge is 0.497 e. The van der Waals surface area contributed by atoms with Gasteiger partial charge in [-0.15, -0.1) is 11.6 Å². The van der Waals surface area contributed by atoms with Crippen molar-refractivity contribution in [3.05, 3.63) is 64.7 Å². The number of aromatic nitrogens is 2. The monoisotopic (exact) mass is 399 g/mol. The molecule has 0 N–H and O–H groups in total. The van der Waals surface area contributed by atoms with E-state index in [1.54, 1.807) is 60.0 Å². The predicted molar refractivity (Wildman–Crippen MR) is 110 cm³/mol. The molecule has 0 radical (unpaired) electrons. The van der Waals surface area contributed by atoms with Crippen LogP contribution in [-0.4, -0.2) is 40.4 Å². The van der Waals surface area contributed by atoms with E-state index in [0.717, 1.165) is 0 Å². The van der Waals surface area contributed by atoms with Crippen molar-refractivity contribution in [2.24, 2.45) is 0 Å². The SMILES string of the molecule is CC[C@@H](c1nc2ccccc2c(=O)n1-c1ccc(OC)cc1)N(C)C(=O)CCl. The van der Waals surface area contributed by atoms with Gasteiger partial charge in [-0.3, -0.25) is 14.2 Å². The molecule has 6 nitrogen and oxygen atoms in total. The highest BCUT2D eigenvalue weighted by atomic mass is 35.5. The van der Waals surface area contributed by atoms with Gasteiger partial charge in [0.05, 0.1) is 29.7 Å². The smallest absolute Gasteiger partial charge is 0.266 e. The number of hydrogen-bond donors (Lipinski definition) is 0. The predicted octanol–water partition coefficient (Wildman–Crippen LogP) is 3.54. The minimum atomic E-state index is -0.398. The minimum Gasteiger partial charge on any atom is -0.497 e. The van der Waals surface area contributed by atoms with E-state index in [2.05, 4.69) is 0 Å². The summed E-state index contributed by atoms with van der Waals surface area (Å²) < 4.78 is 6.78. The van der Waals surface area contributed by atoms with Gasteiger partial charge in [-0.1, -0.05) is 19.1 Å². The summed E-state index contributed by atoms with van der Waals surface area (Å²) in [5.41, 5.74) is 1.07. The lowest BCUT2D eigenvalue weighted by molar-refractivity contribution is -0.129. The molecule has 146 valence electrons. The van der Waals surface area contributed by atoms with Gasteiger partial charge >= 0.3 is 0 Å². The highest BCUT2D eigenvalue weighted by Crippen LogP contribution is 2.25. The van der Waals surface area contributed by atoms with E-state index in [1.807, 2.05) is 19.1 Å². The van der Waals surface area contributed by atoms with Gasteiger partial charge in [-0.25, -0.2) is 4.98 Å². The van der Waals surface area contributed by atoms with E-state index in [9.17, 15) is 9.59 Å². The van der Waals surface area contributed by atoms with Crippen molar-refractivity contribution in [3.8, 4) is 11.4 Å². The number of carbonyl (C=O) groups is 1. The number of amides is 1. The first kappa shape index (κ1) is 19.9. The number of methoxy groups -OCH3 is 1. The maximum Gasteiger partial charge on any atom is 0.266 e. The van der Waals surface area contributed by atoms with E-state index < -0.39 is 6.04 Å². The number of halogens is 1. The van der Waals surface area contributed by atoms with E-state index in [1.165, 1.54) is 0 Å². The lowest BCUT2D eigenvalue weighted by atomic mass is 10.1. The standard InChI is InChI=1S/C21H22ClN3O3/c1-4-18(24(2)19(26)13-22)20-23-17-8-6-5-7-16(17)21(27)25(20)14-9-11-15(28-3)12-10-14/h5-12,18H,4,13H2,1-3H3/t18-/m0/s1. The van der Waals surface area contributed by atoms with Crippen LogP contribution in [0.1, 0.15) is 25.2 Å². The molecule has 3 rings (SSSR count). The Morgan fingerprint density at radius 3 is 2.50 bits per heavy atom. The Hall–Kier alpha value is -2.86. The molecule has 0 unspecified atom stereocenters. The lowest BCUT2D eigenvalue weighted by Gasteiger charge is -2.28. The van der Waals surface area contributed by atoms with Crippen molar-refractivity contribution in [3.63, 3.8) is 0 Å². The second-order valence-corrected chi connectivity index (χ2v) is 6.66. The highest BCUT2D eigenvalue weighted by molar-refractivity contribution is 6.27. The molecule has 3 aromatic rings. The summed E-state index contributed by atoms with van der Waals surface area (Å²) >= 11 is 5.76. The van der Waals surface area contributed by atoms with Crippen LogP contribution in [0, 0.1) is 0 Å². The number of carbonyl (C=O) groups excluding carboxylic acids is 1. The summed E-state index contributed by atoms with van der Waals surface area (Å²) in [5.74, 6) is 0.830. The number of benzene rings is 2. The Kier molecular flexibility index (Phi) is 5.99. The Morgan fingerprint density at radius 2 is 1.89 bits per heavy atom. The fourth-order valence-electron chi connectivity index (χ4n) is 3.25. The first-order valence-corrected chi connectivity index (χ1v) is 9.53. The molecule has 0 aliphatic carbocycles. The lowest BCUT2D eigenvalue weighted by Crippen LogP contribution is -2.36. The van der Waals surface area contributed by atoms with Gasteiger partial charge in [0.1, 0.15) is 17.5 Å². The van der Waals surface area contributed by atoms with E-state index >= 15 is 0 Å².